The van der Waals surface area contributed by atoms with Crippen molar-refractivity contribution in [2.24, 2.45) is 0 Å². The maximum Gasteiger partial charge on any atom is 0.319 e. The molecule has 0 aliphatic carbocycles. The molecule has 0 bridgehead atoms. The molecule has 0 radical (unpaired) electrons. The highest BCUT2D eigenvalue weighted by Gasteiger charge is 2.18. The van der Waals surface area contributed by atoms with Crippen LogP contribution in [0, 0.1) is 6.92 Å². The molecule has 2 aromatic heterocycles. The van der Waals surface area contributed by atoms with Gasteiger partial charge in [-0.15, -0.1) is 0 Å². The monoisotopic (exact) mass is 384 g/mol. The van der Waals surface area contributed by atoms with Gasteiger partial charge in [-0.3, -0.25) is 4.90 Å². The summed E-state index contributed by atoms with van der Waals surface area (Å²) in [6, 6.07) is 7.60. The fraction of sp³-hybridized carbons (Fsp3) is 0.316. The fourth-order valence-corrected chi connectivity index (χ4v) is 3.73. The average Bonchev–Trinajstić information content (AvgIpc) is 2.97. The van der Waals surface area contributed by atoms with Gasteiger partial charge >= 0.3 is 6.03 Å². The molecule has 2 amide bonds. The number of rotatable bonds is 4. The first kappa shape index (κ1) is 17.8. The Bertz CT molecular complexity index is 985. The van der Waals surface area contributed by atoms with Gasteiger partial charge in [-0.05, 0) is 36.6 Å². The van der Waals surface area contributed by atoms with Gasteiger partial charge < -0.3 is 10.6 Å². The molecule has 0 spiro atoms. The van der Waals surface area contributed by atoms with Crippen LogP contribution in [0.1, 0.15) is 16.8 Å². The van der Waals surface area contributed by atoms with Gasteiger partial charge in [-0.25, -0.2) is 14.3 Å². The number of hydrogen-bond acceptors (Lipinski definition) is 4. The van der Waals surface area contributed by atoms with Crippen LogP contribution < -0.4 is 10.6 Å². The molecule has 3 heterocycles. The highest BCUT2D eigenvalue weighted by molar-refractivity contribution is 6.31. The van der Waals surface area contributed by atoms with Gasteiger partial charge in [0.1, 0.15) is 5.69 Å². The Hall–Kier alpha value is -2.64. The Labute approximate surface area is 162 Å². The van der Waals surface area contributed by atoms with Gasteiger partial charge in [0.25, 0.3) is 0 Å². The van der Waals surface area contributed by atoms with Crippen LogP contribution in [0.4, 0.5) is 10.5 Å². The maximum absolute atomic E-state index is 12.3. The summed E-state index contributed by atoms with van der Waals surface area (Å²) in [7, 11) is 0. The van der Waals surface area contributed by atoms with Crippen LogP contribution in [0.15, 0.2) is 36.7 Å². The van der Waals surface area contributed by atoms with Gasteiger partial charge in [-0.2, -0.15) is 5.10 Å². The van der Waals surface area contributed by atoms with Crippen LogP contribution in [-0.4, -0.2) is 45.2 Å². The molecule has 1 aliphatic rings. The van der Waals surface area contributed by atoms with Gasteiger partial charge in [0.2, 0.25) is 0 Å². The Morgan fingerprint density at radius 1 is 1.33 bits per heavy atom. The molecule has 27 heavy (non-hydrogen) atoms. The average molecular weight is 385 g/mol. The third-order valence-corrected chi connectivity index (χ3v) is 5.16. The summed E-state index contributed by atoms with van der Waals surface area (Å²) >= 11 is 6.26. The number of urea groups is 1. The van der Waals surface area contributed by atoms with Crippen molar-refractivity contribution >= 4 is 29.0 Å². The second-order valence-electron chi connectivity index (χ2n) is 6.63. The van der Waals surface area contributed by atoms with E-state index >= 15 is 0 Å². The second-order valence-corrected chi connectivity index (χ2v) is 7.04. The molecule has 0 unspecified atom stereocenters. The van der Waals surface area contributed by atoms with Crippen LogP contribution in [-0.2, 0) is 13.0 Å². The zero-order valence-corrected chi connectivity index (χ0v) is 15.8. The summed E-state index contributed by atoms with van der Waals surface area (Å²) in [5.41, 5.74) is 4.51. The number of halogens is 1. The molecule has 4 rings (SSSR count). The summed E-state index contributed by atoms with van der Waals surface area (Å²) in [6.07, 6.45) is 4.42. The highest BCUT2D eigenvalue weighted by atomic mass is 35.5. The summed E-state index contributed by atoms with van der Waals surface area (Å²) in [6.45, 7) is 4.99. The largest absolute Gasteiger partial charge is 0.337 e. The molecule has 140 valence electrons. The molecule has 0 atom stereocenters. The number of nitrogens with one attached hydrogen (secondary N) is 2. The van der Waals surface area contributed by atoms with Crippen molar-refractivity contribution in [3.05, 3.63) is 58.5 Å². The van der Waals surface area contributed by atoms with Crippen molar-refractivity contribution in [3.63, 3.8) is 0 Å². The molecule has 0 saturated heterocycles. The zero-order chi connectivity index (χ0) is 18.8. The van der Waals surface area contributed by atoms with Gasteiger partial charge in [0, 0.05) is 43.6 Å². The number of anilines is 1. The smallest absolute Gasteiger partial charge is 0.319 e. The lowest BCUT2D eigenvalue weighted by atomic mass is 10.00. The first-order valence-corrected chi connectivity index (χ1v) is 9.33. The lowest BCUT2D eigenvalue weighted by Crippen LogP contribution is -2.39. The SMILES string of the molecule is Cc1nn2cccnc2c1NC(=O)NCCN1CCc2c(Cl)cccc2C1. The predicted octanol–water partition coefficient (Wildman–Crippen LogP) is 2.87. The van der Waals surface area contributed by atoms with Crippen LogP contribution >= 0.6 is 11.6 Å². The minimum Gasteiger partial charge on any atom is -0.337 e. The van der Waals surface area contributed by atoms with E-state index in [-0.39, 0.29) is 6.03 Å². The van der Waals surface area contributed by atoms with E-state index < -0.39 is 0 Å². The van der Waals surface area contributed by atoms with E-state index in [4.69, 9.17) is 11.6 Å². The quantitative estimate of drug-likeness (QED) is 0.725. The summed E-state index contributed by atoms with van der Waals surface area (Å²) in [4.78, 5) is 18.9. The molecule has 1 aromatic carbocycles. The third kappa shape index (κ3) is 3.74. The summed E-state index contributed by atoms with van der Waals surface area (Å²) in [5.74, 6) is 0. The zero-order valence-electron chi connectivity index (χ0n) is 15.1. The maximum atomic E-state index is 12.3. The van der Waals surface area contributed by atoms with Crippen molar-refractivity contribution in [1.29, 1.82) is 0 Å². The minimum atomic E-state index is -0.251. The first-order valence-electron chi connectivity index (χ1n) is 8.95. The van der Waals surface area contributed by atoms with Crippen LogP contribution in [0.3, 0.4) is 0 Å². The number of aromatic nitrogens is 3. The second kappa shape index (κ2) is 7.54. The number of carbonyl (C=O) groups is 1. The topological polar surface area (TPSA) is 74.6 Å². The van der Waals surface area contributed by atoms with E-state index in [0.717, 1.165) is 36.8 Å². The number of aryl methyl sites for hydroxylation is 1. The van der Waals surface area contributed by atoms with E-state index in [1.165, 1.54) is 11.1 Å². The molecule has 2 N–H and O–H groups in total. The van der Waals surface area contributed by atoms with Crippen molar-refractivity contribution in [1.82, 2.24) is 24.8 Å². The van der Waals surface area contributed by atoms with Crippen LogP contribution in [0.2, 0.25) is 5.02 Å². The van der Waals surface area contributed by atoms with Crippen LogP contribution in [0.5, 0.6) is 0 Å². The number of nitrogens with zero attached hydrogens (tertiary/aromatic N) is 4. The van der Waals surface area contributed by atoms with Gasteiger partial charge in [0.05, 0.1) is 5.69 Å². The first-order chi connectivity index (χ1) is 13.1. The van der Waals surface area contributed by atoms with Crippen molar-refractivity contribution in [2.75, 3.05) is 25.0 Å². The lowest BCUT2D eigenvalue weighted by molar-refractivity contribution is 0.239. The minimum absolute atomic E-state index is 0.251. The standard InChI is InChI=1S/C19H21ClN6O/c1-13-17(18-21-7-3-9-26(18)24-13)23-19(27)22-8-11-25-10-6-15-14(12-25)4-2-5-16(15)20/h2-5,7,9H,6,8,10-12H2,1H3,(H2,22,23,27). The Balaban J connectivity index is 1.31. The molecule has 0 fully saturated rings. The Morgan fingerprint density at radius 2 is 2.22 bits per heavy atom. The number of fused-ring (bicyclic) bond motifs is 2. The van der Waals surface area contributed by atoms with E-state index in [2.05, 4.69) is 31.7 Å². The molecule has 3 aromatic rings. The number of hydrogen-bond donors (Lipinski definition) is 2. The van der Waals surface area contributed by atoms with Crippen molar-refractivity contribution in [3.8, 4) is 0 Å². The van der Waals surface area contributed by atoms with Crippen LogP contribution in [0.25, 0.3) is 5.65 Å². The van der Waals surface area contributed by atoms with E-state index in [1.807, 2.05) is 19.1 Å². The molecule has 8 heteroatoms. The molecular weight excluding hydrogens is 364 g/mol. The molecule has 1 aliphatic heterocycles. The third-order valence-electron chi connectivity index (χ3n) is 4.81. The normalized spacial score (nSPS) is 14.1. The molecule has 7 nitrogen and oxygen atoms in total. The van der Waals surface area contributed by atoms with E-state index in [9.17, 15) is 4.79 Å². The lowest BCUT2D eigenvalue weighted by Gasteiger charge is -2.29. The predicted molar refractivity (Wildman–Crippen MR) is 105 cm³/mol. The summed E-state index contributed by atoms with van der Waals surface area (Å²) < 4.78 is 1.65. The Morgan fingerprint density at radius 3 is 3.11 bits per heavy atom. The van der Waals surface area contributed by atoms with Gasteiger partial charge in [-0.1, -0.05) is 23.7 Å². The fourth-order valence-electron chi connectivity index (χ4n) is 3.44. The summed E-state index contributed by atoms with van der Waals surface area (Å²) in [5, 5.41) is 11.0. The van der Waals surface area contributed by atoms with E-state index in [1.54, 1.807) is 23.0 Å². The number of carbonyl (C=O) groups excluding carboxylic acids is 1. The van der Waals surface area contributed by atoms with Crippen molar-refractivity contribution in [2.45, 2.75) is 19.9 Å². The molecular formula is C19H21ClN6O. The highest BCUT2D eigenvalue weighted by Crippen LogP contribution is 2.25. The number of amides is 2. The van der Waals surface area contributed by atoms with Gasteiger partial charge in [0.15, 0.2) is 5.65 Å². The van der Waals surface area contributed by atoms with Crippen molar-refractivity contribution < 1.29 is 4.79 Å². The Kier molecular flexibility index (Phi) is 4.96. The van der Waals surface area contributed by atoms with E-state index in [0.29, 0.717) is 17.9 Å². The molecule has 0 saturated carbocycles. The number of benzene rings is 1.